The number of anilines is 1. The quantitative estimate of drug-likeness (QED) is 0.726. The summed E-state index contributed by atoms with van der Waals surface area (Å²) in [5.74, 6) is 1.21. The number of rotatable bonds is 6. The van der Waals surface area contributed by atoms with Crippen LogP contribution in [0, 0.1) is 0 Å². The molecule has 8 heteroatoms. The topological polar surface area (TPSA) is 90.1 Å². The summed E-state index contributed by atoms with van der Waals surface area (Å²) in [5.41, 5.74) is 1.35. The van der Waals surface area contributed by atoms with E-state index in [1.54, 1.807) is 36.7 Å². The highest BCUT2D eigenvalue weighted by Crippen LogP contribution is 2.27. The minimum Gasteiger partial charge on any atom is -0.495 e. The lowest BCUT2D eigenvalue weighted by Crippen LogP contribution is -2.12. The number of benzene rings is 1. The Morgan fingerprint density at radius 1 is 1.36 bits per heavy atom. The molecule has 0 saturated heterocycles. The van der Waals surface area contributed by atoms with E-state index in [1.807, 2.05) is 6.07 Å². The van der Waals surface area contributed by atoms with E-state index in [1.165, 1.54) is 7.11 Å². The minimum absolute atomic E-state index is 0.178. The molecule has 0 aliphatic carbocycles. The molecule has 0 bridgehead atoms. The van der Waals surface area contributed by atoms with Gasteiger partial charge in [0, 0.05) is 36.5 Å². The number of hydrogen-bond acceptors (Lipinski definition) is 6. The summed E-state index contributed by atoms with van der Waals surface area (Å²) in [5, 5.41) is 7.08. The van der Waals surface area contributed by atoms with E-state index in [0.29, 0.717) is 34.6 Å². The lowest BCUT2D eigenvalue weighted by molar-refractivity contribution is -0.116. The number of nitrogens with zero attached hydrogens (tertiary/aromatic N) is 3. The molecule has 25 heavy (non-hydrogen) atoms. The lowest BCUT2D eigenvalue weighted by atomic mass is 10.2. The standard InChI is InChI=1S/C17H15ClN4O3/c1-24-14-5-4-12(9-13(14)18)20-15(23)6-7-16-21-17(22-25-16)11-3-2-8-19-10-11/h2-5,8-10H,6-7H2,1H3,(H,20,23). The van der Waals surface area contributed by atoms with Gasteiger partial charge in [0.05, 0.1) is 12.1 Å². The molecule has 0 aliphatic heterocycles. The van der Waals surface area contributed by atoms with Crippen LogP contribution in [0.1, 0.15) is 12.3 Å². The first kappa shape index (κ1) is 16.9. The number of halogens is 1. The van der Waals surface area contributed by atoms with Crippen LogP contribution in [0.3, 0.4) is 0 Å². The molecule has 1 aromatic carbocycles. The van der Waals surface area contributed by atoms with Crippen molar-refractivity contribution in [1.82, 2.24) is 15.1 Å². The maximum Gasteiger partial charge on any atom is 0.227 e. The number of aromatic nitrogens is 3. The molecule has 1 N–H and O–H groups in total. The van der Waals surface area contributed by atoms with Crippen molar-refractivity contribution in [1.29, 1.82) is 0 Å². The van der Waals surface area contributed by atoms with Gasteiger partial charge in [0.1, 0.15) is 5.75 Å². The molecule has 0 unspecified atom stereocenters. The molecule has 2 aromatic heterocycles. The Morgan fingerprint density at radius 2 is 2.24 bits per heavy atom. The molecule has 2 heterocycles. The van der Waals surface area contributed by atoms with Gasteiger partial charge >= 0.3 is 0 Å². The third kappa shape index (κ3) is 4.33. The highest BCUT2D eigenvalue weighted by atomic mass is 35.5. The molecular formula is C17H15ClN4O3. The third-order valence-corrected chi connectivity index (χ3v) is 3.68. The summed E-state index contributed by atoms with van der Waals surface area (Å²) < 4.78 is 10.2. The van der Waals surface area contributed by atoms with Crippen LogP contribution < -0.4 is 10.1 Å². The van der Waals surface area contributed by atoms with Crippen LogP contribution in [0.5, 0.6) is 5.75 Å². The van der Waals surface area contributed by atoms with E-state index in [0.717, 1.165) is 5.56 Å². The van der Waals surface area contributed by atoms with Crippen LogP contribution in [0.15, 0.2) is 47.2 Å². The molecule has 0 aliphatic rings. The highest BCUT2D eigenvalue weighted by Gasteiger charge is 2.11. The number of carbonyl (C=O) groups is 1. The van der Waals surface area contributed by atoms with Gasteiger partial charge in [-0.2, -0.15) is 4.98 Å². The second-order valence-electron chi connectivity index (χ2n) is 5.15. The van der Waals surface area contributed by atoms with Gasteiger partial charge in [-0.3, -0.25) is 9.78 Å². The van der Waals surface area contributed by atoms with Crippen molar-refractivity contribution in [3.63, 3.8) is 0 Å². The number of ether oxygens (including phenoxy) is 1. The number of aryl methyl sites for hydroxylation is 1. The molecular weight excluding hydrogens is 344 g/mol. The zero-order chi connectivity index (χ0) is 17.6. The van der Waals surface area contributed by atoms with Crippen LogP contribution in [0.4, 0.5) is 5.69 Å². The number of amides is 1. The predicted octanol–water partition coefficient (Wildman–Crippen LogP) is 3.36. The van der Waals surface area contributed by atoms with Gasteiger partial charge in [0.2, 0.25) is 17.6 Å². The molecule has 7 nitrogen and oxygen atoms in total. The molecule has 0 atom stereocenters. The predicted molar refractivity (Wildman–Crippen MR) is 92.5 cm³/mol. The summed E-state index contributed by atoms with van der Waals surface area (Å²) >= 11 is 6.03. The Hall–Kier alpha value is -2.93. The van der Waals surface area contributed by atoms with Crippen LogP contribution in [0.2, 0.25) is 5.02 Å². The number of methoxy groups -OCH3 is 1. The molecule has 0 radical (unpaired) electrons. The maximum absolute atomic E-state index is 12.0. The fourth-order valence-corrected chi connectivity index (χ4v) is 2.41. The minimum atomic E-state index is -0.178. The summed E-state index contributed by atoms with van der Waals surface area (Å²) in [4.78, 5) is 20.3. The van der Waals surface area contributed by atoms with Crippen molar-refractivity contribution in [3.8, 4) is 17.1 Å². The molecule has 0 saturated carbocycles. The second-order valence-corrected chi connectivity index (χ2v) is 5.56. The van der Waals surface area contributed by atoms with Crippen LogP contribution >= 0.6 is 11.6 Å². The second kappa shape index (κ2) is 7.76. The van der Waals surface area contributed by atoms with Crippen molar-refractivity contribution < 1.29 is 14.1 Å². The molecule has 128 valence electrons. The first-order chi connectivity index (χ1) is 12.2. The van der Waals surface area contributed by atoms with E-state index < -0.39 is 0 Å². The summed E-state index contributed by atoms with van der Waals surface area (Å²) in [6.07, 6.45) is 3.86. The first-order valence-electron chi connectivity index (χ1n) is 7.52. The van der Waals surface area contributed by atoms with E-state index >= 15 is 0 Å². The highest BCUT2D eigenvalue weighted by molar-refractivity contribution is 6.32. The number of hydrogen-bond donors (Lipinski definition) is 1. The Morgan fingerprint density at radius 3 is 2.96 bits per heavy atom. The smallest absolute Gasteiger partial charge is 0.227 e. The number of nitrogens with one attached hydrogen (secondary N) is 1. The number of pyridine rings is 1. The van der Waals surface area contributed by atoms with Crippen molar-refractivity contribution in [2.24, 2.45) is 0 Å². The summed E-state index contributed by atoms with van der Waals surface area (Å²) in [7, 11) is 1.53. The largest absolute Gasteiger partial charge is 0.495 e. The van der Waals surface area contributed by atoms with Crippen LogP contribution in [-0.2, 0) is 11.2 Å². The third-order valence-electron chi connectivity index (χ3n) is 3.39. The van der Waals surface area contributed by atoms with Crippen molar-refractivity contribution in [2.75, 3.05) is 12.4 Å². The summed E-state index contributed by atoms with van der Waals surface area (Å²) in [6.45, 7) is 0. The van der Waals surface area contributed by atoms with E-state index in [4.69, 9.17) is 20.9 Å². The maximum atomic E-state index is 12.0. The molecule has 3 rings (SSSR count). The Balaban J connectivity index is 1.56. The van der Waals surface area contributed by atoms with Gasteiger partial charge in [0.25, 0.3) is 0 Å². The molecule has 0 spiro atoms. The van der Waals surface area contributed by atoms with Crippen molar-refractivity contribution in [2.45, 2.75) is 12.8 Å². The average Bonchev–Trinajstić information content (AvgIpc) is 3.10. The van der Waals surface area contributed by atoms with Gasteiger partial charge < -0.3 is 14.6 Å². The zero-order valence-corrected chi connectivity index (χ0v) is 14.2. The van der Waals surface area contributed by atoms with Crippen LogP contribution in [-0.4, -0.2) is 28.1 Å². The van der Waals surface area contributed by atoms with E-state index in [9.17, 15) is 4.79 Å². The fraction of sp³-hybridized carbons (Fsp3) is 0.176. The lowest BCUT2D eigenvalue weighted by Gasteiger charge is -2.07. The van der Waals surface area contributed by atoms with Gasteiger partial charge in [-0.1, -0.05) is 16.8 Å². The fourth-order valence-electron chi connectivity index (χ4n) is 2.16. The average molecular weight is 359 g/mol. The Kier molecular flexibility index (Phi) is 5.25. The Bertz CT molecular complexity index is 867. The monoisotopic (exact) mass is 358 g/mol. The van der Waals surface area contributed by atoms with Gasteiger partial charge in [-0.25, -0.2) is 0 Å². The van der Waals surface area contributed by atoms with Gasteiger partial charge in [-0.15, -0.1) is 0 Å². The first-order valence-corrected chi connectivity index (χ1v) is 7.90. The van der Waals surface area contributed by atoms with Gasteiger partial charge in [0.15, 0.2) is 0 Å². The van der Waals surface area contributed by atoms with E-state index in [-0.39, 0.29) is 12.3 Å². The van der Waals surface area contributed by atoms with Crippen molar-refractivity contribution in [3.05, 3.63) is 53.6 Å². The summed E-state index contributed by atoms with van der Waals surface area (Å²) in [6, 6.07) is 8.66. The van der Waals surface area contributed by atoms with Crippen molar-refractivity contribution >= 4 is 23.2 Å². The van der Waals surface area contributed by atoms with Crippen LogP contribution in [0.25, 0.3) is 11.4 Å². The van der Waals surface area contributed by atoms with Gasteiger partial charge in [-0.05, 0) is 30.3 Å². The molecule has 3 aromatic rings. The molecule has 0 fully saturated rings. The zero-order valence-electron chi connectivity index (χ0n) is 13.4. The Labute approximate surface area is 149 Å². The normalized spacial score (nSPS) is 10.5. The molecule has 1 amide bonds. The van der Waals surface area contributed by atoms with E-state index in [2.05, 4.69) is 20.4 Å². The SMILES string of the molecule is COc1ccc(NC(=O)CCc2nc(-c3cccnc3)no2)cc1Cl. The number of carbonyl (C=O) groups excluding carboxylic acids is 1.